The Labute approximate surface area is 337 Å². The van der Waals surface area contributed by atoms with Crippen LogP contribution in [0.25, 0.3) is 11.3 Å². The van der Waals surface area contributed by atoms with E-state index in [1.165, 1.54) is 12.3 Å². The molecule has 0 radical (unpaired) electrons. The molecule has 4 fully saturated rings. The summed E-state index contributed by atoms with van der Waals surface area (Å²) in [7, 11) is 0. The molecule has 12 nitrogen and oxygen atoms in total. The van der Waals surface area contributed by atoms with E-state index in [1.807, 2.05) is 30.3 Å². The number of carbonyl (C=O) groups is 3. The van der Waals surface area contributed by atoms with Crippen LogP contribution in [0.5, 0.6) is 0 Å². The summed E-state index contributed by atoms with van der Waals surface area (Å²) in [5, 5.41) is 22.5. The van der Waals surface area contributed by atoms with E-state index < -0.39 is 18.1 Å². The molecule has 5 aliphatic rings. The van der Waals surface area contributed by atoms with Crippen LogP contribution in [0, 0.1) is 17.6 Å². The molecular formula is C44H52F2N8O4. The SMILES string of the molecule is O=C1CC[C@H](Nc2ccc(C3CCN(C4CCC(C(=O)NC5CCC(Nc6ncc(F)c(-c7cccc(N8C=CC=CC8O)c7)n6)CC5)CC4)CC3)c(F)c2)C(=O)N1. The molecule has 2 aliphatic carbocycles. The monoisotopic (exact) mass is 794 g/mol. The van der Waals surface area contributed by atoms with Gasteiger partial charge < -0.3 is 30.9 Å². The third-order valence-electron chi connectivity index (χ3n) is 12.6. The molecule has 0 spiro atoms. The number of nitrogens with one attached hydrogen (secondary N) is 4. The second-order valence-electron chi connectivity index (χ2n) is 16.4. The fourth-order valence-electron chi connectivity index (χ4n) is 9.32. The van der Waals surface area contributed by atoms with Gasteiger partial charge in [0.05, 0.1) is 6.20 Å². The van der Waals surface area contributed by atoms with Crippen molar-refractivity contribution >= 4 is 35.0 Å². The number of hydrogen-bond acceptors (Lipinski definition) is 10. The standard InChI is InChI=1S/C44H52F2N8O4/c45-36-25-32(48-38-17-18-39(55)51-43(38)58)13-16-35(36)27-19-22-53(23-20-27)33-14-7-28(8-15-33)42(57)49-30-9-11-31(12-10-30)50-44-47-26-37(46)41(52-44)29-4-3-5-34(24-29)54-21-2-1-6-40(54)56/h1-6,13,16,21,24-28,30-31,33,38,40,48,56H,7-12,14-15,17-20,22-23H2,(H,49,57)(H,47,50,52)(H,51,55,58)/t28?,30?,31?,33?,38-,40?/m0/s1. The van der Waals surface area contributed by atoms with Crippen LogP contribution in [0.15, 0.2) is 73.1 Å². The predicted octanol–water partition coefficient (Wildman–Crippen LogP) is 6.12. The Balaban J connectivity index is 0.755. The predicted molar refractivity (Wildman–Crippen MR) is 217 cm³/mol. The first-order valence-corrected chi connectivity index (χ1v) is 20.8. The number of anilines is 3. The van der Waals surface area contributed by atoms with E-state index in [1.54, 1.807) is 35.4 Å². The van der Waals surface area contributed by atoms with Crippen molar-refractivity contribution in [3.8, 4) is 11.3 Å². The van der Waals surface area contributed by atoms with E-state index in [2.05, 4.69) is 36.1 Å². The van der Waals surface area contributed by atoms with Gasteiger partial charge in [0.15, 0.2) is 5.82 Å². The van der Waals surface area contributed by atoms with Crippen LogP contribution in [0.2, 0.25) is 0 Å². The van der Waals surface area contributed by atoms with E-state index in [-0.39, 0.29) is 59.6 Å². The number of allylic oxidation sites excluding steroid dienone is 2. The zero-order valence-corrected chi connectivity index (χ0v) is 32.6. The van der Waals surface area contributed by atoms with Crippen molar-refractivity contribution in [1.82, 2.24) is 25.5 Å². The van der Waals surface area contributed by atoms with Crippen molar-refractivity contribution in [3.63, 3.8) is 0 Å². The lowest BCUT2D eigenvalue weighted by atomic mass is 9.82. The summed E-state index contributed by atoms with van der Waals surface area (Å²) in [5.41, 5.74) is 2.73. The van der Waals surface area contributed by atoms with Crippen molar-refractivity contribution in [2.45, 2.75) is 113 Å². The number of imide groups is 1. The molecule has 4 heterocycles. The Hall–Kier alpha value is -5.21. The first kappa shape index (κ1) is 39.6. The minimum Gasteiger partial charge on any atom is -0.374 e. The van der Waals surface area contributed by atoms with E-state index in [0.29, 0.717) is 40.9 Å². The van der Waals surface area contributed by atoms with Gasteiger partial charge in [-0.2, -0.15) is 0 Å². The molecule has 1 aromatic heterocycles. The van der Waals surface area contributed by atoms with E-state index >= 15 is 4.39 Å². The van der Waals surface area contributed by atoms with Crippen LogP contribution in [0.3, 0.4) is 0 Å². The van der Waals surface area contributed by atoms with Crippen molar-refractivity contribution in [2.24, 2.45) is 5.92 Å². The highest BCUT2D eigenvalue weighted by molar-refractivity contribution is 6.01. The summed E-state index contributed by atoms with van der Waals surface area (Å²) < 4.78 is 30.2. The molecule has 2 saturated heterocycles. The van der Waals surface area contributed by atoms with Gasteiger partial charge in [-0.15, -0.1) is 0 Å². The first-order valence-electron chi connectivity index (χ1n) is 20.8. The lowest BCUT2D eigenvalue weighted by Gasteiger charge is -2.41. The smallest absolute Gasteiger partial charge is 0.249 e. The minimum absolute atomic E-state index is 0.0150. The molecule has 3 aliphatic heterocycles. The molecule has 14 heteroatoms. The number of aromatic nitrogens is 2. The molecule has 3 aromatic rings. The number of carbonyl (C=O) groups excluding carboxylic acids is 3. The van der Waals surface area contributed by atoms with Crippen molar-refractivity contribution < 1.29 is 28.3 Å². The number of amides is 3. The molecule has 8 rings (SSSR count). The maximum Gasteiger partial charge on any atom is 0.249 e. The van der Waals surface area contributed by atoms with Gasteiger partial charge >= 0.3 is 0 Å². The number of rotatable bonds is 10. The topological polar surface area (TPSA) is 152 Å². The molecule has 2 aromatic carbocycles. The Morgan fingerprint density at radius 3 is 2.36 bits per heavy atom. The zero-order valence-electron chi connectivity index (χ0n) is 32.6. The van der Waals surface area contributed by atoms with Gasteiger partial charge in [-0.05, 0) is 132 Å². The highest BCUT2D eigenvalue weighted by atomic mass is 19.1. The van der Waals surface area contributed by atoms with Crippen LogP contribution in [-0.2, 0) is 14.4 Å². The third kappa shape index (κ3) is 9.23. The van der Waals surface area contributed by atoms with Crippen LogP contribution in [0.1, 0.15) is 88.5 Å². The molecule has 5 N–H and O–H groups in total. The van der Waals surface area contributed by atoms with E-state index in [9.17, 15) is 23.9 Å². The highest BCUT2D eigenvalue weighted by Crippen LogP contribution is 2.36. The first-order chi connectivity index (χ1) is 28.2. The van der Waals surface area contributed by atoms with Crippen molar-refractivity contribution in [3.05, 3.63) is 90.3 Å². The average Bonchev–Trinajstić information content (AvgIpc) is 3.24. The number of aliphatic hydroxyl groups excluding tert-OH is 1. The molecule has 1 unspecified atom stereocenters. The lowest BCUT2D eigenvalue weighted by molar-refractivity contribution is -0.133. The number of benzene rings is 2. The number of piperidine rings is 2. The van der Waals surface area contributed by atoms with Gasteiger partial charge in [0.1, 0.15) is 23.8 Å². The van der Waals surface area contributed by atoms with Gasteiger partial charge in [-0.3, -0.25) is 19.7 Å². The summed E-state index contributed by atoms with van der Waals surface area (Å²) in [5.74, 6) is -0.797. The van der Waals surface area contributed by atoms with Crippen molar-refractivity contribution in [1.29, 1.82) is 0 Å². The second-order valence-corrected chi connectivity index (χ2v) is 16.4. The van der Waals surface area contributed by atoms with Gasteiger partial charge in [0.2, 0.25) is 23.7 Å². The van der Waals surface area contributed by atoms with E-state index in [4.69, 9.17) is 0 Å². The van der Waals surface area contributed by atoms with Crippen LogP contribution in [0.4, 0.5) is 26.1 Å². The number of hydrogen-bond donors (Lipinski definition) is 5. The summed E-state index contributed by atoms with van der Waals surface area (Å²) in [4.78, 5) is 49.9. The normalized spacial score (nSPS) is 26.9. The molecule has 306 valence electrons. The third-order valence-corrected chi connectivity index (χ3v) is 12.6. The Morgan fingerprint density at radius 1 is 0.845 bits per heavy atom. The summed E-state index contributed by atoms with van der Waals surface area (Å²) in [6.07, 6.45) is 16.8. The van der Waals surface area contributed by atoms with Crippen molar-refractivity contribution in [2.75, 3.05) is 28.6 Å². The van der Waals surface area contributed by atoms with Crippen LogP contribution >= 0.6 is 0 Å². The maximum atomic E-state index is 15.3. The highest BCUT2D eigenvalue weighted by Gasteiger charge is 2.34. The fourth-order valence-corrected chi connectivity index (χ4v) is 9.32. The number of likely N-dealkylation sites (tertiary alicyclic amines) is 1. The number of halogens is 2. The van der Waals surface area contributed by atoms with Gasteiger partial charge in [-0.1, -0.05) is 24.3 Å². The molecular weight excluding hydrogens is 743 g/mol. The summed E-state index contributed by atoms with van der Waals surface area (Å²) >= 11 is 0. The van der Waals surface area contributed by atoms with Crippen LogP contribution in [-0.4, -0.2) is 81.2 Å². The second kappa shape index (κ2) is 17.7. The Bertz CT molecular complexity index is 2040. The fraction of sp³-hybridized carbons (Fsp3) is 0.477. The molecule has 3 amide bonds. The quantitative estimate of drug-likeness (QED) is 0.152. The molecule has 0 bridgehead atoms. The average molecular weight is 795 g/mol. The van der Waals surface area contributed by atoms with E-state index in [0.717, 1.165) is 77.3 Å². The van der Waals surface area contributed by atoms with Gasteiger partial charge in [0.25, 0.3) is 0 Å². The molecule has 2 atom stereocenters. The Kier molecular flexibility index (Phi) is 12.1. The van der Waals surface area contributed by atoms with Gasteiger partial charge in [0, 0.05) is 53.6 Å². The van der Waals surface area contributed by atoms with Crippen LogP contribution < -0.4 is 26.2 Å². The van der Waals surface area contributed by atoms with Gasteiger partial charge in [-0.25, -0.2) is 18.7 Å². The molecule has 58 heavy (non-hydrogen) atoms. The maximum absolute atomic E-state index is 15.3. The zero-order chi connectivity index (χ0) is 40.2. The largest absolute Gasteiger partial charge is 0.374 e. The lowest BCUT2D eigenvalue weighted by Crippen LogP contribution is -2.47. The summed E-state index contributed by atoms with van der Waals surface area (Å²) in [6, 6.07) is 12.5. The molecule has 2 saturated carbocycles. The Morgan fingerprint density at radius 2 is 1.62 bits per heavy atom. The number of aliphatic hydroxyl groups is 1. The minimum atomic E-state index is -0.809. The summed E-state index contributed by atoms with van der Waals surface area (Å²) in [6.45, 7) is 1.80. The number of nitrogens with zero attached hydrogens (tertiary/aromatic N) is 4.